The second-order valence-corrected chi connectivity index (χ2v) is 6.25. The van der Waals surface area contributed by atoms with E-state index in [2.05, 4.69) is 26.0 Å². The summed E-state index contributed by atoms with van der Waals surface area (Å²) in [7, 11) is 0. The van der Waals surface area contributed by atoms with E-state index in [-0.39, 0.29) is 6.01 Å². The first kappa shape index (κ1) is 19.6. The van der Waals surface area contributed by atoms with Gasteiger partial charge in [0.2, 0.25) is 11.7 Å². The summed E-state index contributed by atoms with van der Waals surface area (Å²) in [5, 5.41) is 3.83. The molecule has 4 rings (SSSR count). The van der Waals surface area contributed by atoms with Gasteiger partial charge >= 0.3 is 6.01 Å². The van der Waals surface area contributed by atoms with Crippen molar-refractivity contribution < 1.29 is 18.8 Å². The average molecular weight is 416 g/mol. The predicted octanol–water partition coefficient (Wildman–Crippen LogP) is 2.78. The number of aromatic nitrogens is 3. The number of amides is 2. The number of pyridine rings is 1. The van der Waals surface area contributed by atoms with Crippen molar-refractivity contribution in [3.63, 3.8) is 0 Å². The van der Waals surface area contributed by atoms with Crippen molar-refractivity contribution in [3.05, 3.63) is 84.2 Å². The molecule has 2 heterocycles. The van der Waals surface area contributed by atoms with Crippen LogP contribution in [-0.2, 0) is 0 Å². The number of rotatable bonds is 7. The second kappa shape index (κ2) is 8.74. The van der Waals surface area contributed by atoms with Gasteiger partial charge in [-0.3, -0.25) is 20.0 Å². The molecular formula is C21H16N6O4. The van der Waals surface area contributed by atoms with Crippen LogP contribution < -0.4 is 21.3 Å². The summed E-state index contributed by atoms with van der Waals surface area (Å²) in [5.74, 6) is 0.510. The highest BCUT2D eigenvalue weighted by Crippen LogP contribution is 2.22. The molecule has 4 aromatic rings. The Labute approximate surface area is 176 Å². The average Bonchev–Trinajstić information content (AvgIpc) is 3.28. The highest BCUT2D eigenvalue weighted by atomic mass is 16.5. The summed E-state index contributed by atoms with van der Waals surface area (Å²) < 4.78 is 10.7. The fourth-order valence-electron chi connectivity index (χ4n) is 2.57. The predicted molar refractivity (Wildman–Crippen MR) is 110 cm³/mol. The molecule has 10 nitrogen and oxygen atoms in total. The lowest BCUT2D eigenvalue weighted by molar-refractivity contribution is 0.0959. The van der Waals surface area contributed by atoms with Gasteiger partial charge in [0.05, 0.1) is 0 Å². The van der Waals surface area contributed by atoms with Gasteiger partial charge in [-0.05, 0) is 60.7 Å². The summed E-state index contributed by atoms with van der Waals surface area (Å²) in [5.41, 5.74) is 11.8. The number of carbonyl (C=O) groups excluding carboxylic acids is 2. The van der Waals surface area contributed by atoms with Gasteiger partial charge in [-0.25, -0.2) is 5.43 Å². The van der Waals surface area contributed by atoms with Gasteiger partial charge in [0, 0.05) is 29.1 Å². The van der Waals surface area contributed by atoms with Gasteiger partial charge in [0.15, 0.2) is 0 Å². The summed E-state index contributed by atoms with van der Waals surface area (Å²) in [6, 6.07) is 16.4. The zero-order chi connectivity index (χ0) is 21.6. The van der Waals surface area contributed by atoms with E-state index in [0.717, 1.165) is 5.56 Å². The SMILES string of the molecule is NC(=O)c1ccc(Oc2ccc(C(=O)NNc3nc(-c4ccncc4)no3)cc2)cc1. The van der Waals surface area contributed by atoms with Crippen molar-refractivity contribution in [3.8, 4) is 22.9 Å². The smallest absolute Gasteiger partial charge is 0.340 e. The molecule has 2 amide bonds. The third kappa shape index (κ3) is 4.82. The maximum Gasteiger partial charge on any atom is 0.340 e. The molecular weight excluding hydrogens is 400 g/mol. The Morgan fingerprint density at radius 2 is 1.48 bits per heavy atom. The summed E-state index contributed by atoms with van der Waals surface area (Å²) in [6.07, 6.45) is 3.23. The number of benzene rings is 2. The third-order valence-corrected chi connectivity index (χ3v) is 4.14. The summed E-state index contributed by atoms with van der Waals surface area (Å²) in [4.78, 5) is 31.5. The Balaban J connectivity index is 1.33. The fraction of sp³-hybridized carbons (Fsp3) is 0. The quantitative estimate of drug-likeness (QED) is 0.390. The van der Waals surface area contributed by atoms with Gasteiger partial charge in [0.25, 0.3) is 5.91 Å². The maximum atomic E-state index is 12.3. The van der Waals surface area contributed by atoms with Crippen LogP contribution in [0.1, 0.15) is 20.7 Å². The molecule has 0 fully saturated rings. The molecule has 0 bridgehead atoms. The van der Waals surface area contributed by atoms with E-state index in [0.29, 0.717) is 28.5 Å². The van der Waals surface area contributed by atoms with Crippen LogP contribution >= 0.6 is 0 Å². The van der Waals surface area contributed by atoms with E-state index in [9.17, 15) is 9.59 Å². The van der Waals surface area contributed by atoms with Gasteiger partial charge < -0.3 is 15.0 Å². The van der Waals surface area contributed by atoms with E-state index in [1.165, 1.54) is 0 Å². The van der Waals surface area contributed by atoms with Gasteiger partial charge in [-0.15, -0.1) is 0 Å². The van der Waals surface area contributed by atoms with Crippen LogP contribution in [0.3, 0.4) is 0 Å². The molecule has 4 N–H and O–H groups in total. The largest absolute Gasteiger partial charge is 0.457 e. The van der Waals surface area contributed by atoms with Crippen LogP contribution in [0, 0.1) is 0 Å². The molecule has 10 heteroatoms. The van der Waals surface area contributed by atoms with Crippen molar-refractivity contribution in [1.82, 2.24) is 20.6 Å². The number of nitrogens with zero attached hydrogens (tertiary/aromatic N) is 3. The number of nitrogens with two attached hydrogens (primary N) is 1. The number of primary amides is 1. The van der Waals surface area contributed by atoms with Crippen molar-refractivity contribution in [2.24, 2.45) is 5.73 Å². The van der Waals surface area contributed by atoms with Crippen LogP contribution in [0.4, 0.5) is 6.01 Å². The fourth-order valence-corrected chi connectivity index (χ4v) is 2.57. The van der Waals surface area contributed by atoms with Crippen molar-refractivity contribution in [2.45, 2.75) is 0 Å². The molecule has 154 valence electrons. The minimum atomic E-state index is -0.510. The Morgan fingerprint density at radius 1 is 0.871 bits per heavy atom. The molecule has 0 saturated carbocycles. The first-order valence-electron chi connectivity index (χ1n) is 9.07. The number of anilines is 1. The van der Waals surface area contributed by atoms with Crippen molar-refractivity contribution in [2.75, 3.05) is 5.43 Å². The lowest BCUT2D eigenvalue weighted by atomic mass is 10.2. The highest BCUT2D eigenvalue weighted by molar-refractivity contribution is 5.95. The zero-order valence-electron chi connectivity index (χ0n) is 16.0. The number of hydrogen-bond donors (Lipinski definition) is 3. The van der Waals surface area contributed by atoms with Crippen LogP contribution in [0.15, 0.2) is 77.6 Å². The molecule has 2 aromatic heterocycles. The lowest BCUT2D eigenvalue weighted by Crippen LogP contribution is -2.29. The number of hydrogen-bond acceptors (Lipinski definition) is 8. The van der Waals surface area contributed by atoms with Crippen LogP contribution in [-0.4, -0.2) is 26.9 Å². The molecule has 0 aliphatic heterocycles. The first-order valence-corrected chi connectivity index (χ1v) is 9.07. The third-order valence-electron chi connectivity index (χ3n) is 4.14. The van der Waals surface area contributed by atoms with Crippen molar-refractivity contribution in [1.29, 1.82) is 0 Å². The monoisotopic (exact) mass is 416 g/mol. The Kier molecular flexibility index (Phi) is 5.52. The number of nitrogens with one attached hydrogen (secondary N) is 2. The Morgan fingerprint density at radius 3 is 2.10 bits per heavy atom. The van der Waals surface area contributed by atoms with E-state index in [1.54, 1.807) is 73.1 Å². The van der Waals surface area contributed by atoms with E-state index < -0.39 is 11.8 Å². The van der Waals surface area contributed by atoms with Crippen LogP contribution in [0.5, 0.6) is 11.5 Å². The summed E-state index contributed by atoms with van der Waals surface area (Å²) in [6.45, 7) is 0. The Bertz CT molecular complexity index is 1190. The van der Waals surface area contributed by atoms with Gasteiger partial charge in [-0.2, -0.15) is 4.98 Å². The number of carbonyl (C=O) groups is 2. The van der Waals surface area contributed by atoms with E-state index >= 15 is 0 Å². The van der Waals surface area contributed by atoms with Crippen LogP contribution in [0.2, 0.25) is 0 Å². The van der Waals surface area contributed by atoms with Crippen molar-refractivity contribution >= 4 is 17.8 Å². The minimum absolute atomic E-state index is 0.0412. The maximum absolute atomic E-state index is 12.3. The first-order chi connectivity index (χ1) is 15.1. The number of hydrazine groups is 1. The molecule has 0 saturated heterocycles. The lowest BCUT2D eigenvalue weighted by Gasteiger charge is -2.08. The molecule has 0 radical (unpaired) electrons. The molecule has 2 aromatic carbocycles. The molecule has 0 unspecified atom stereocenters. The molecule has 0 spiro atoms. The Hall–Kier alpha value is -4.73. The van der Waals surface area contributed by atoms with Gasteiger partial charge in [0.1, 0.15) is 11.5 Å². The molecule has 31 heavy (non-hydrogen) atoms. The van der Waals surface area contributed by atoms with Gasteiger partial charge in [-0.1, -0.05) is 5.16 Å². The van der Waals surface area contributed by atoms with Crippen LogP contribution in [0.25, 0.3) is 11.4 Å². The normalized spacial score (nSPS) is 10.3. The summed E-state index contributed by atoms with van der Waals surface area (Å²) >= 11 is 0. The molecule has 0 aliphatic rings. The topological polar surface area (TPSA) is 145 Å². The standard InChI is InChI=1S/C21H16N6O4/c22-18(28)13-1-5-16(6-2-13)30-17-7-3-15(4-8-17)20(29)25-26-21-24-19(27-31-21)14-9-11-23-12-10-14/h1-12H,(H2,22,28)(H,25,29)(H,24,26,27). The minimum Gasteiger partial charge on any atom is -0.457 e. The second-order valence-electron chi connectivity index (χ2n) is 6.25. The molecule has 0 aliphatic carbocycles. The zero-order valence-corrected chi connectivity index (χ0v) is 16.0. The number of ether oxygens (including phenoxy) is 1. The molecule has 0 atom stereocenters. The van der Waals surface area contributed by atoms with E-state index in [4.69, 9.17) is 15.0 Å². The van der Waals surface area contributed by atoms with E-state index in [1.807, 2.05) is 0 Å². The highest BCUT2D eigenvalue weighted by Gasteiger charge is 2.11.